The Hall–Kier alpha value is 0.230. The van der Waals surface area contributed by atoms with E-state index in [0.717, 1.165) is 0 Å². The summed E-state index contributed by atoms with van der Waals surface area (Å²) in [7, 11) is 0. The summed E-state index contributed by atoms with van der Waals surface area (Å²) in [6.07, 6.45) is 0. The van der Waals surface area contributed by atoms with Crippen LogP contribution in [0.4, 0.5) is 0 Å². The predicted octanol–water partition coefficient (Wildman–Crippen LogP) is 1.04. The van der Waals surface area contributed by atoms with Gasteiger partial charge in [-0.25, -0.2) is 0 Å². The normalized spacial score (nSPS) is 10.6. The molecule has 0 aliphatic rings. The van der Waals surface area contributed by atoms with Crippen LogP contribution >= 0.6 is 29.9 Å². The molecule has 2 rings (SSSR count). The number of benzene rings is 2. The molecular weight excluding hydrogens is 349 g/mol. The van der Waals surface area contributed by atoms with Gasteiger partial charge in [-0.15, -0.1) is 0 Å². The predicted molar refractivity (Wildman–Crippen MR) is 78.4 cm³/mol. The first-order chi connectivity index (χ1) is 8.94. The topological polar surface area (TPSA) is 41.5 Å². The van der Waals surface area contributed by atoms with E-state index >= 15 is 0 Å². The number of hydrogen-bond donors (Lipinski definition) is 0. The molecule has 0 saturated heterocycles. The molecule has 0 aromatic heterocycles. The summed E-state index contributed by atoms with van der Waals surface area (Å²) in [5, 5.41) is 1.09. The molecule has 0 N–H and O–H groups in total. The van der Waals surface area contributed by atoms with Crippen molar-refractivity contribution in [3.05, 3.63) is 58.6 Å². The first kappa shape index (κ1) is 18.3. The molecule has 0 fully saturated rings. The van der Waals surface area contributed by atoms with Crippen molar-refractivity contribution in [2.45, 2.75) is 0 Å². The average molecular weight is 357 g/mol. The van der Waals surface area contributed by atoms with Gasteiger partial charge >= 0.3 is 29.6 Å². The van der Waals surface area contributed by atoms with Crippen LogP contribution in [0.5, 0.6) is 11.5 Å². The van der Waals surface area contributed by atoms with E-state index in [2.05, 4.69) is 0 Å². The maximum atomic E-state index is 12.0. The van der Waals surface area contributed by atoms with Crippen LogP contribution in [0.3, 0.4) is 0 Å². The Morgan fingerprint density at radius 3 is 1.40 bits per heavy atom. The first-order valence-corrected chi connectivity index (χ1v) is 8.47. The zero-order valence-electron chi connectivity index (χ0n) is 10.5. The standard InChI is InChI=1S/C12H9Cl2O3PS.Na/c13-9-1-5-11(6-2-9)16-18(15,19)17-12-7-3-10(14)4-8-12;/h1-8H,(H,15,19);/q;+1/p-1. The van der Waals surface area contributed by atoms with E-state index in [4.69, 9.17) is 44.1 Å². The molecule has 0 heterocycles. The van der Waals surface area contributed by atoms with E-state index in [1.807, 2.05) is 0 Å². The Kier molecular flexibility index (Phi) is 7.33. The fourth-order valence-electron chi connectivity index (χ4n) is 1.27. The molecule has 0 spiro atoms. The van der Waals surface area contributed by atoms with Gasteiger partial charge in [0.2, 0.25) is 6.72 Å². The van der Waals surface area contributed by atoms with E-state index < -0.39 is 6.72 Å². The smallest absolute Gasteiger partial charge is 0.760 e. The van der Waals surface area contributed by atoms with Crippen molar-refractivity contribution in [2.75, 3.05) is 0 Å². The average Bonchev–Trinajstić information content (AvgIpc) is 2.34. The summed E-state index contributed by atoms with van der Waals surface area (Å²) < 4.78 is 10.3. The van der Waals surface area contributed by atoms with Crippen molar-refractivity contribution in [2.24, 2.45) is 0 Å². The second kappa shape index (κ2) is 8.02. The molecule has 0 aliphatic carbocycles. The third kappa shape index (κ3) is 5.92. The molecule has 0 bridgehead atoms. The van der Waals surface area contributed by atoms with Crippen LogP contribution < -0.4 is 43.5 Å². The fraction of sp³-hybridized carbons (Fsp3) is 0. The van der Waals surface area contributed by atoms with Crippen LogP contribution in [0.25, 0.3) is 0 Å². The second-order valence-corrected chi connectivity index (χ2v) is 7.01. The van der Waals surface area contributed by atoms with Gasteiger partial charge in [0.15, 0.2) is 0 Å². The van der Waals surface area contributed by atoms with Crippen molar-refractivity contribution in [3.63, 3.8) is 0 Å². The molecule has 8 heteroatoms. The van der Waals surface area contributed by atoms with E-state index in [-0.39, 0.29) is 29.6 Å². The Bertz CT molecular complexity index is 556. The molecule has 0 saturated carbocycles. The minimum atomic E-state index is -3.67. The Morgan fingerprint density at radius 2 is 1.10 bits per heavy atom. The number of rotatable bonds is 4. The third-order valence-corrected chi connectivity index (χ3v) is 3.88. The maximum Gasteiger partial charge on any atom is 1.00 e. The van der Waals surface area contributed by atoms with Crippen molar-refractivity contribution >= 4 is 41.7 Å². The first-order valence-electron chi connectivity index (χ1n) is 5.16. The van der Waals surface area contributed by atoms with Crippen LogP contribution in [0, 0.1) is 0 Å². The zero-order valence-corrected chi connectivity index (χ0v) is 15.7. The molecule has 20 heavy (non-hydrogen) atoms. The van der Waals surface area contributed by atoms with Crippen molar-refractivity contribution in [3.8, 4) is 11.5 Å². The summed E-state index contributed by atoms with van der Waals surface area (Å²) in [6.45, 7) is -3.67. The van der Waals surface area contributed by atoms with Crippen LogP contribution in [0.15, 0.2) is 48.5 Å². The molecule has 0 atom stereocenters. The Labute approximate surface area is 154 Å². The second-order valence-electron chi connectivity index (χ2n) is 3.54. The zero-order chi connectivity index (χ0) is 13.9. The molecule has 3 nitrogen and oxygen atoms in total. The number of halogens is 2. The van der Waals surface area contributed by atoms with Crippen LogP contribution in [0.2, 0.25) is 10.0 Å². The number of hydrogen-bond acceptors (Lipinski definition) is 4. The molecule has 100 valence electrons. The van der Waals surface area contributed by atoms with Gasteiger partial charge in [-0.05, 0) is 60.3 Å². The Balaban J connectivity index is 0.00000200. The minimum absolute atomic E-state index is 0. The summed E-state index contributed by atoms with van der Waals surface area (Å²) in [4.78, 5) is 12.0. The van der Waals surface area contributed by atoms with Gasteiger partial charge < -0.3 is 13.9 Å². The Morgan fingerprint density at radius 1 is 0.800 bits per heavy atom. The van der Waals surface area contributed by atoms with E-state index in [1.54, 1.807) is 48.5 Å². The van der Waals surface area contributed by atoms with Crippen LogP contribution in [-0.4, -0.2) is 0 Å². The third-order valence-electron chi connectivity index (χ3n) is 2.06. The van der Waals surface area contributed by atoms with Gasteiger partial charge in [0, 0.05) is 10.0 Å². The monoisotopic (exact) mass is 356 g/mol. The van der Waals surface area contributed by atoms with Crippen molar-refractivity contribution in [1.29, 1.82) is 0 Å². The molecule has 0 amide bonds. The van der Waals surface area contributed by atoms with Gasteiger partial charge in [0.1, 0.15) is 11.5 Å². The molecular formula is C12H8Cl2NaO3PS. The van der Waals surface area contributed by atoms with Gasteiger partial charge in [-0.1, -0.05) is 23.2 Å². The summed E-state index contributed by atoms with van der Waals surface area (Å²) >= 11 is 16.3. The summed E-state index contributed by atoms with van der Waals surface area (Å²) in [5.74, 6) is 0.661. The van der Waals surface area contributed by atoms with Gasteiger partial charge in [-0.2, -0.15) is 0 Å². The SMILES string of the molecule is [Na+].[O-]P(=S)(Oc1ccc(Cl)cc1)Oc1ccc(Cl)cc1. The maximum absolute atomic E-state index is 12.0. The largest absolute Gasteiger partial charge is 1.00 e. The van der Waals surface area contributed by atoms with Gasteiger partial charge in [0.25, 0.3) is 0 Å². The fourth-order valence-corrected chi connectivity index (χ4v) is 2.83. The molecule has 0 unspecified atom stereocenters. The van der Waals surface area contributed by atoms with Crippen LogP contribution in [-0.2, 0) is 11.8 Å². The molecule has 0 aliphatic heterocycles. The summed E-state index contributed by atoms with van der Waals surface area (Å²) in [5.41, 5.74) is 0. The van der Waals surface area contributed by atoms with E-state index in [1.165, 1.54) is 0 Å². The summed E-state index contributed by atoms with van der Waals surface area (Å²) in [6, 6.07) is 12.7. The van der Waals surface area contributed by atoms with E-state index in [9.17, 15) is 4.89 Å². The quantitative estimate of drug-likeness (QED) is 0.606. The van der Waals surface area contributed by atoms with Crippen molar-refractivity contribution < 1.29 is 43.5 Å². The van der Waals surface area contributed by atoms with Gasteiger partial charge in [-0.3, -0.25) is 0 Å². The van der Waals surface area contributed by atoms with E-state index in [0.29, 0.717) is 21.5 Å². The molecule has 0 radical (unpaired) electrons. The van der Waals surface area contributed by atoms with Crippen LogP contribution in [0.1, 0.15) is 0 Å². The van der Waals surface area contributed by atoms with Crippen molar-refractivity contribution in [1.82, 2.24) is 0 Å². The van der Waals surface area contributed by atoms with Gasteiger partial charge in [0.05, 0.1) is 0 Å². The minimum Gasteiger partial charge on any atom is -0.760 e. The molecule has 2 aromatic carbocycles. The molecule has 2 aromatic rings.